The van der Waals surface area contributed by atoms with Crippen LogP contribution < -0.4 is 25.0 Å². The van der Waals surface area contributed by atoms with Crippen molar-refractivity contribution in [3.63, 3.8) is 0 Å². The quantitative estimate of drug-likeness (QED) is 0.0194. The molecular weight excluding hydrogens is 1130 g/mol. The summed E-state index contributed by atoms with van der Waals surface area (Å²) in [7, 11) is -4.62. The number of fused-ring (bicyclic) bond motifs is 2. The lowest BCUT2D eigenvalue weighted by molar-refractivity contribution is -0.384. The molecule has 4 aromatic carbocycles. The molecule has 0 bridgehead atoms. The Balaban J connectivity index is 0.668. The second-order valence-electron chi connectivity index (χ2n) is 23.9. The van der Waals surface area contributed by atoms with Crippen LogP contribution in [0.3, 0.4) is 0 Å². The first-order valence-corrected chi connectivity index (χ1v) is 31.6. The lowest BCUT2D eigenvalue weighted by Gasteiger charge is -2.39. The first-order valence-electron chi connectivity index (χ1n) is 29.7. The Hall–Kier alpha value is -8.09. The Morgan fingerprint density at radius 2 is 1.71 bits per heavy atom. The van der Waals surface area contributed by atoms with Gasteiger partial charge in [0.1, 0.15) is 28.9 Å². The summed E-state index contributed by atoms with van der Waals surface area (Å²) in [5, 5.41) is 19.5. The molecule has 1 unspecified atom stereocenters. The maximum atomic E-state index is 14.2. The molecule has 1 aliphatic carbocycles. The summed E-state index contributed by atoms with van der Waals surface area (Å²) >= 11 is 6.27. The third kappa shape index (κ3) is 13.9. The molecule has 4 aliphatic heterocycles. The minimum atomic E-state index is -4.62. The van der Waals surface area contributed by atoms with E-state index in [0.717, 1.165) is 124 Å². The number of rotatable bonds is 19. The van der Waals surface area contributed by atoms with Crippen molar-refractivity contribution < 1.29 is 37.3 Å². The van der Waals surface area contributed by atoms with Crippen LogP contribution in [0.2, 0.25) is 5.02 Å². The molecule has 0 spiro atoms. The summed E-state index contributed by atoms with van der Waals surface area (Å²) in [6.45, 7) is 12.0. The summed E-state index contributed by atoms with van der Waals surface area (Å²) in [5.74, 6) is 5.28. The van der Waals surface area contributed by atoms with E-state index in [1.54, 1.807) is 41.4 Å². The van der Waals surface area contributed by atoms with Gasteiger partial charge in [0.25, 0.3) is 27.5 Å². The summed E-state index contributed by atoms with van der Waals surface area (Å²) in [4.78, 5) is 79.1. The highest BCUT2D eigenvalue weighted by molar-refractivity contribution is 7.90. The van der Waals surface area contributed by atoms with Crippen LogP contribution in [0.1, 0.15) is 122 Å². The van der Waals surface area contributed by atoms with Crippen molar-refractivity contribution in [3.8, 4) is 23.3 Å². The van der Waals surface area contributed by atoms with Gasteiger partial charge in [0.15, 0.2) is 0 Å². The van der Waals surface area contributed by atoms with Crippen molar-refractivity contribution in [2.24, 2.45) is 11.3 Å². The Labute approximate surface area is 506 Å². The van der Waals surface area contributed by atoms with E-state index >= 15 is 0 Å². The van der Waals surface area contributed by atoms with Crippen molar-refractivity contribution in [2.75, 3.05) is 69.1 Å². The maximum absolute atomic E-state index is 14.2. The third-order valence-corrected chi connectivity index (χ3v) is 19.0. The van der Waals surface area contributed by atoms with Crippen molar-refractivity contribution in [2.45, 2.75) is 102 Å². The number of amides is 4. The number of sulfonamides is 1. The fourth-order valence-corrected chi connectivity index (χ4v) is 13.6. The van der Waals surface area contributed by atoms with Gasteiger partial charge in [0.05, 0.1) is 21.6 Å². The second kappa shape index (κ2) is 25.9. The molecule has 0 saturated carbocycles. The van der Waals surface area contributed by atoms with Gasteiger partial charge >= 0.3 is 0 Å². The molecule has 4 amide bonds. The molecule has 448 valence electrons. The zero-order chi connectivity index (χ0) is 60.1. The molecule has 86 heavy (non-hydrogen) atoms. The number of H-pyrrole nitrogens is 1. The van der Waals surface area contributed by atoms with E-state index in [2.05, 4.69) is 77.8 Å². The van der Waals surface area contributed by atoms with Gasteiger partial charge in [-0.05, 0) is 160 Å². The number of unbranched alkanes of at least 4 members (excludes halogenated alkanes) is 3. The number of allylic oxidation sites excluding steroid dienone is 1. The number of piperidine rings is 2. The number of carbonyl (C=O) groups excluding carboxylic acids is 4. The molecule has 4 N–H and O–H groups in total. The molecule has 2 aromatic heterocycles. The molecule has 19 nitrogen and oxygen atoms in total. The van der Waals surface area contributed by atoms with Gasteiger partial charge in [-0.1, -0.05) is 67.5 Å². The number of anilines is 2. The standard InChI is InChI=1S/C65H71ClN10O9S/c1-65(2)26-22-47(54(38-65)45-12-14-48(66)15-13-45)41-73-31-33-74(34-32-73)49-16-18-53(59(36-49)85-50-35-46-23-27-67-61(46)69-40-50)62(78)71-86(83,84)51-17-19-56(58(37-51)76(81)82)68-39-43-24-29-72(30-25-43)28-7-5-3-4-6-9-44-10-8-11-52-55(44)42-75(64(52)80)57-20-21-60(77)70-63(57)79/h8,10-19,23,27,35-37,40,43,57,68H,3-5,7,20-22,24-26,28-34,38-39,41-42H2,1-2H3,(H,67,69)(H,71,78)(H,70,77,79). The van der Waals surface area contributed by atoms with Gasteiger partial charge in [-0.3, -0.25) is 39.5 Å². The first-order chi connectivity index (χ1) is 41.4. The fraction of sp³-hybridized carbons (Fsp3) is 0.400. The summed E-state index contributed by atoms with van der Waals surface area (Å²) < 4.78 is 36.5. The number of piperazine rings is 1. The van der Waals surface area contributed by atoms with Gasteiger partial charge in [-0.2, -0.15) is 0 Å². The van der Waals surface area contributed by atoms with Gasteiger partial charge in [0.2, 0.25) is 11.8 Å². The lowest BCUT2D eigenvalue weighted by atomic mass is 9.72. The molecule has 6 heterocycles. The van der Waals surface area contributed by atoms with Gasteiger partial charge < -0.3 is 29.7 Å². The molecular formula is C65H71ClN10O9S. The summed E-state index contributed by atoms with van der Waals surface area (Å²) in [6.07, 6.45) is 12.4. The van der Waals surface area contributed by atoms with E-state index in [1.165, 1.54) is 35.0 Å². The largest absolute Gasteiger partial charge is 0.455 e. The Kier molecular flexibility index (Phi) is 17.9. The van der Waals surface area contributed by atoms with Gasteiger partial charge in [0, 0.05) is 104 Å². The highest BCUT2D eigenvalue weighted by atomic mass is 35.5. The average molecular weight is 1200 g/mol. The highest BCUT2D eigenvalue weighted by Gasteiger charge is 2.40. The number of nitrogens with one attached hydrogen (secondary N) is 4. The molecule has 21 heteroatoms. The second-order valence-corrected chi connectivity index (χ2v) is 26.1. The summed E-state index contributed by atoms with van der Waals surface area (Å²) in [5.41, 5.74) is 7.58. The molecule has 5 aliphatic rings. The van der Waals surface area contributed by atoms with E-state index in [0.29, 0.717) is 49.4 Å². The van der Waals surface area contributed by atoms with Crippen LogP contribution in [-0.4, -0.2) is 127 Å². The molecule has 1 atom stereocenters. The number of carbonyl (C=O) groups is 4. The maximum Gasteiger partial charge on any atom is 0.293 e. The van der Waals surface area contributed by atoms with E-state index in [4.69, 9.17) is 16.3 Å². The minimum Gasteiger partial charge on any atom is -0.455 e. The number of likely N-dealkylation sites (tertiary alicyclic amines) is 1. The number of nitro benzene ring substituents is 1. The monoisotopic (exact) mass is 1200 g/mol. The number of aromatic amines is 1. The SMILES string of the molecule is CC1(C)CCC(CN2CCN(c3ccc(C(=O)NS(=O)(=O)c4ccc(NCC5CCN(CCCCCC#Cc6cccc7c6CN(C6CCC(=O)NC6=O)C7=O)CC5)c([N+](=O)[O-])c4)c(Oc4cnc5[nH]ccc5c4)c3)CC2)=C(c2ccc(Cl)cc2)C1. The Morgan fingerprint density at radius 3 is 2.49 bits per heavy atom. The Morgan fingerprint density at radius 1 is 0.907 bits per heavy atom. The first kappa shape index (κ1) is 59.6. The number of aromatic nitrogens is 2. The van der Waals surface area contributed by atoms with Crippen LogP contribution in [0, 0.1) is 33.3 Å². The van der Waals surface area contributed by atoms with Crippen LogP contribution in [-0.2, 0) is 26.2 Å². The predicted molar refractivity (Wildman–Crippen MR) is 331 cm³/mol. The zero-order valence-electron chi connectivity index (χ0n) is 48.5. The van der Waals surface area contributed by atoms with Crippen molar-refractivity contribution >= 4 is 78.9 Å². The van der Waals surface area contributed by atoms with E-state index in [-0.39, 0.29) is 53.1 Å². The number of nitrogens with zero attached hydrogens (tertiary/aromatic N) is 6. The third-order valence-electron chi connectivity index (χ3n) is 17.4. The number of nitro groups is 1. The van der Waals surface area contributed by atoms with Crippen LogP contribution in [0.4, 0.5) is 17.1 Å². The highest BCUT2D eigenvalue weighted by Crippen LogP contribution is 2.44. The number of hydrogen-bond acceptors (Lipinski definition) is 14. The normalized spacial score (nSPS) is 18.6. The van der Waals surface area contributed by atoms with Crippen molar-refractivity contribution in [3.05, 3.63) is 152 Å². The van der Waals surface area contributed by atoms with Crippen LogP contribution >= 0.6 is 11.6 Å². The molecule has 6 aromatic rings. The predicted octanol–water partition coefficient (Wildman–Crippen LogP) is 10.3. The van der Waals surface area contributed by atoms with E-state index < -0.39 is 43.4 Å². The Bertz CT molecular complexity index is 3800. The molecule has 3 saturated heterocycles. The van der Waals surface area contributed by atoms with E-state index in [1.807, 2.05) is 30.3 Å². The van der Waals surface area contributed by atoms with Crippen molar-refractivity contribution in [1.29, 1.82) is 0 Å². The van der Waals surface area contributed by atoms with Gasteiger partial charge in [-0.25, -0.2) is 18.1 Å². The number of halogens is 1. The lowest BCUT2D eigenvalue weighted by Crippen LogP contribution is -2.52. The smallest absolute Gasteiger partial charge is 0.293 e. The number of hydrogen-bond donors (Lipinski definition) is 4. The van der Waals surface area contributed by atoms with Crippen LogP contribution in [0.25, 0.3) is 16.6 Å². The minimum absolute atomic E-state index is 0.0520. The fourth-order valence-electron chi connectivity index (χ4n) is 12.4. The van der Waals surface area contributed by atoms with Crippen molar-refractivity contribution in [1.82, 2.24) is 34.7 Å². The molecule has 0 radical (unpaired) electrons. The average Bonchev–Trinajstić information content (AvgIpc) is 4.36. The molecule has 11 rings (SSSR count). The number of imide groups is 1. The zero-order valence-corrected chi connectivity index (χ0v) is 50.0. The molecule has 3 fully saturated rings. The van der Waals surface area contributed by atoms with E-state index in [9.17, 15) is 37.7 Å². The number of ether oxygens (including phenoxy) is 1. The van der Waals surface area contributed by atoms with Gasteiger partial charge in [-0.15, -0.1) is 0 Å². The van der Waals surface area contributed by atoms with Crippen LogP contribution in [0.15, 0.2) is 114 Å². The number of benzene rings is 4. The summed E-state index contributed by atoms with van der Waals surface area (Å²) in [6, 6.07) is 25.3. The van der Waals surface area contributed by atoms with Crippen LogP contribution in [0.5, 0.6) is 11.5 Å². The number of pyridine rings is 1. The topological polar surface area (TPSA) is 233 Å².